The van der Waals surface area contributed by atoms with Crippen LogP contribution in [0, 0.1) is 0 Å². The lowest BCUT2D eigenvalue weighted by Crippen LogP contribution is -2.22. The normalized spacial score (nSPS) is 11.4. The predicted molar refractivity (Wildman–Crippen MR) is 145 cm³/mol. The van der Waals surface area contributed by atoms with Crippen LogP contribution in [-0.4, -0.2) is 12.9 Å². The molecule has 0 amide bonds. The zero-order chi connectivity index (χ0) is 25.3. The fraction of sp³-hybridized carbons (Fsp3) is 0.120. The molecule has 10 heteroatoms. The van der Waals surface area contributed by atoms with Gasteiger partial charge in [0.25, 0.3) is 12.9 Å². The number of ether oxygens (including phenoxy) is 2. The minimum Gasteiger partial charge on any atom is -0.464 e. The van der Waals surface area contributed by atoms with Gasteiger partial charge in [0.15, 0.2) is 0 Å². The first-order valence-electron chi connectivity index (χ1n) is 10.1. The summed E-state index contributed by atoms with van der Waals surface area (Å²) in [6.07, 6.45) is 3.12. The Morgan fingerprint density at radius 1 is 0.743 bits per heavy atom. The third kappa shape index (κ3) is 4.69. The van der Waals surface area contributed by atoms with E-state index >= 15 is 0 Å². The van der Waals surface area contributed by atoms with E-state index in [4.69, 9.17) is 18.3 Å². The first-order valence-corrected chi connectivity index (χ1v) is 13.2. The standard InChI is InChI=1S/C25H16Br4O6/c1-25(2,13-9-15(26)19(17-5-3-7-32-17)21(28)23(13)34-11-30)14-10-16(27)20(18-6-4-8-33-18)22(29)24(14)35-12-31/h3-12H,1-2H3. The molecule has 0 fully saturated rings. The lowest BCUT2D eigenvalue weighted by atomic mass is 9.76. The lowest BCUT2D eigenvalue weighted by molar-refractivity contribution is -0.121. The third-order valence-corrected chi connectivity index (χ3v) is 8.32. The van der Waals surface area contributed by atoms with Gasteiger partial charge in [-0.25, -0.2) is 0 Å². The highest BCUT2D eigenvalue weighted by atomic mass is 79.9. The second-order valence-electron chi connectivity index (χ2n) is 7.86. The Balaban J connectivity index is 1.99. The van der Waals surface area contributed by atoms with E-state index in [0.717, 1.165) is 0 Å². The van der Waals surface area contributed by atoms with Gasteiger partial charge in [0.05, 0.1) is 21.5 Å². The molecule has 35 heavy (non-hydrogen) atoms. The smallest absolute Gasteiger partial charge is 0.298 e. The minimum absolute atomic E-state index is 0.305. The summed E-state index contributed by atoms with van der Waals surface area (Å²) in [6.45, 7) is 4.61. The average Bonchev–Trinajstić information content (AvgIpc) is 3.52. The van der Waals surface area contributed by atoms with Crippen LogP contribution in [0.3, 0.4) is 0 Å². The van der Waals surface area contributed by atoms with Crippen molar-refractivity contribution in [3.63, 3.8) is 0 Å². The number of halogens is 4. The van der Waals surface area contributed by atoms with Gasteiger partial charge in [-0.2, -0.15) is 0 Å². The molecule has 0 aliphatic carbocycles. The first-order chi connectivity index (χ1) is 16.7. The summed E-state index contributed by atoms with van der Waals surface area (Å²) in [5, 5.41) is 0. The topological polar surface area (TPSA) is 78.9 Å². The van der Waals surface area contributed by atoms with Gasteiger partial charge < -0.3 is 18.3 Å². The zero-order valence-electron chi connectivity index (χ0n) is 18.2. The molecular weight excluding hydrogens is 716 g/mol. The Morgan fingerprint density at radius 2 is 1.14 bits per heavy atom. The van der Waals surface area contributed by atoms with Crippen LogP contribution in [0.5, 0.6) is 11.5 Å². The van der Waals surface area contributed by atoms with E-state index < -0.39 is 5.41 Å². The highest BCUT2D eigenvalue weighted by Crippen LogP contribution is 2.53. The molecule has 0 atom stereocenters. The molecule has 0 aliphatic rings. The third-order valence-electron chi connectivity index (χ3n) is 5.56. The van der Waals surface area contributed by atoms with Gasteiger partial charge in [0.2, 0.25) is 0 Å². The van der Waals surface area contributed by atoms with Gasteiger partial charge in [-0.1, -0.05) is 13.8 Å². The summed E-state index contributed by atoms with van der Waals surface area (Å²) in [7, 11) is 0. The molecule has 0 radical (unpaired) electrons. The monoisotopic (exact) mass is 728 g/mol. The van der Waals surface area contributed by atoms with Crippen LogP contribution in [0.4, 0.5) is 0 Å². The summed E-state index contributed by atoms with van der Waals surface area (Å²) >= 11 is 14.5. The van der Waals surface area contributed by atoms with E-state index in [0.29, 0.717) is 76.1 Å². The molecule has 0 bridgehead atoms. The highest BCUT2D eigenvalue weighted by Gasteiger charge is 2.35. The fourth-order valence-electron chi connectivity index (χ4n) is 3.90. The summed E-state index contributed by atoms with van der Waals surface area (Å²) in [4.78, 5) is 23.0. The maximum Gasteiger partial charge on any atom is 0.298 e. The van der Waals surface area contributed by atoms with E-state index in [-0.39, 0.29) is 0 Å². The second-order valence-corrected chi connectivity index (χ2v) is 11.2. The molecule has 4 aromatic rings. The van der Waals surface area contributed by atoms with Gasteiger partial charge in [-0.05, 0) is 100 Å². The Labute approximate surface area is 234 Å². The quantitative estimate of drug-likeness (QED) is 0.169. The molecule has 0 saturated heterocycles. The number of furan rings is 2. The van der Waals surface area contributed by atoms with E-state index in [1.54, 1.807) is 36.8 Å². The number of benzene rings is 2. The summed E-state index contributed by atoms with van der Waals surface area (Å²) in [6, 6.07) is 10.9. The number of carbonyl (C=O) groups is 2. The van der Waals surface area contributed by atoms with Crippen LogP contribution in [-0.2, 0) is 15.0 Å². The molecule has 2 aromatic heterocycles. The van der Waals surface area contributed by atoms with E-state index in [9.17, 15) is 9.59 Å². The first kappa shape index (κ1) is 25.9. The van der Waals surface area contributed by atoms with Crippen LogP contribution < -0.4 is 9.47 Å². The molecule has 0 saturated carbocycles. The van der Waals surface area contributed by atoms with Crippen LogP contribution in [0.2, 0.25) is 0 Å². The van der Waals surface area contributed by atoms with E-state index in [1.807, 2.05) is 26.0 Å². The maximum absolute atomic E-state index is 11.5. The molecule has 4 rings (SSSR count). The van der Waals surface area contributed by atoms with Crippen LogP contribution in [0.25, 0.3) is 22.6 Å². The number of rotatable bonds is 8. The Bertz CT molecular complexity index is 1290. The summed E-state index contributed by atoms with van der Waals surface area (Å²) < 4.78 is 24.6. The van der Waals surface area contributed by atoms with Crippen molar-refractivity contribution >= 4 is 76.7 Å². The average molecular weight is 732 g/mol. The van der Waals surface area contributed by atoms with Crippen molar-refractivity contribution in [2.24, 2.45) is 0 Å². The molecule has 0 N–H and O–H groups in total. The van der Waals surface area contributed by atoms with Crippen LogP contribution >= 0.6 is 63.7 Å². The van der Waals surface area contributed by atoms with Crippen LogP contribution in [0.15, 0.2) is 75.6 Å². The number of hydrogen-bond acceptors (Lipinski definition) is 6. The molecule has 180 valence electrons. The molecule has 2 heterocycles. The predicted octanol–water partition coefficient (Wildman–Crippen LogP) is 8.65. The molecule has 6 nitrogen and oxygen atoms in total. The van der Waals surface area contributed by atoms with Crippen molar-refractivity contribution in [3.8, 4) is 34.1 Å². The largest absolute Gasteiger partial charge is 0.464 e. The zero-order valence-corrected chi connectivity index (χ0v) is 24.6. The van der Waals surface area contributed by atoms with Crippen molar-refractivity contribution in [1.82, 2.24) is 0 Å². The lowest BCUT2D eigenvalue weighted by Gasteiger charge is -2.31. The molecule has 0 spiro atoms. The Kier molecular flexibility index (Phi) is 7.75. The van der Waals surface area contributed by atoms with Crippen LogP contribution in [0.1, 0.15) is 25.0 Å². The highest BCUT2D eigenvalue weighted by molar-refractivity contribution is 9.11. The van der Waals surface area contributed by atoms with Gasteiger partial charge in [-0.3, -0.25) is 9.59 Å². The van der Waals surface area contributed by atoms with Gasteiger partial charge in [0.1, 0.15) is 23.0 Å². The van der Waals surface area contributed by atoms with Crippen molar-refractivity contribution in [2.45, 2.75) is 19.3 Å². The number of hydrogen-bond donors (Lipinski definition) is 0. The minimum atomic E-state index is -0.823. The molecular formula is C25H16Br4O6. The van der Waals surface area contributed by atoms with Crippen molar-refractivity contribution < 1.29 is 27.9 Å². The van der Waals surface area contributed by atoms with Gasteiger partial charge in [0, 0.05) is 36.6 Å². The molecule has 0 unspecified atom stereocenters. The van der Waals surface area contributed by atoms with Crippen molar-refractivity contribution in [2.75, 3.05) is 0 Å². The Hall–Kier alpha value is -2.14. The number of carbonyl (C=O) groups excluding carboxylic acids is 2. The molecule has 2 aromatic carbocycles. The van der Waals surface area contributed by atoms with E-state index in [2.05, 4.69) is 63.7 Å². The second kappa shape index (κ2) is 10.5. The van der Waals surface area contributed by atoms with E-state index in [1.165, 1.54) is 0 Å². The van der Waals surface area contributed by atoms with Gasteiger partial charge >= 0.3 is 0 Å². The summed E-state index contributed by atoms with van der Waals surface area (Å²) in [5.41, 5.74) is 1.85. The fourth-order valence-corrected chi connectivity index (χ4v) is 7.10. The Morgan fingerprint density at radius 3 is 1.46 bits per heavy atom. The van der Waals surface area contributed by atoms with Crippen molar-refractivity contribution in [1.29, 1.82) is 0 Å². The van der Waals surface area contributed by atoms with Crippen molar-refractivity contribution in [3.05, 3.63) is 77.9 Å². The maximum atomic E-state index is 11.5. The summed E-state index contributed by atoms with van der Waals surface area (Å²) in [5.74, 6) is 1.78. The van der Waals surface area contributed by atoms with Gasteiger partial charge in [-0.15, -0.1) is 0 Å². The molecule has 0 aliphatic heterocycles. The SMILES string of the molecule is CC(C)(c1cc(Br)c(-c2ccco2)c(Br)c1OC=O)c1cc(Br)c(-c2ccco2)c(Br)c1OC=O.